The molecule has 2 aromatic carbocycles. The van der Waals surface area contributed by atoms with E-state index in [1.807, 2.05) is 19.1 Å². The van der Waals surface area contributed by atoms with E-state index < -0.39 is 0 Å². The molecule has 0 aliphatic rings. The van der Waals surface area contributed by atoms with E-state index in [9.17, 15) is 5.11 Å². The normalized spacial score (nSPS) is 12.4. The maximum atomic E-state index is 10.0. The first-order chi connectivity index (χ1) is 13.6. The molecule has 0 aliphatic carbocycles. The summed E-state index contributed by atoms with van der Waals surface area (Å²) < 4.78 is 10.4. The molecule has 0 amide bonds. The molecule has 0 aromatic heterocycles. The number of ether oxygens (including phenoxy) is 2. The van der Waals surface area contributed by atoms with Crippen LogP contribution in [0.5, 0.6) is 17.2 Å². The molecule has 0 radical (unpaired) electrons. The average Bonchev–Trinajstić information content (AvgIpc) is 2.73. The summed E-state index contributed by atoms with van der Waals surface area (Å²) in [7, 11) is 3.28. The Labute approximate surface area is 167 Å². The van der Waals surface area contributed by atoms with Crippen LogP contribution < -0.4 is 20.1 Å². The quantitative estimate of drug-likeness (QED) is 0.454. The number of rotatable bonds is 9. The molecule has 1 unspecified atom stereocenters. The summed E-state index contributed by atoms with van der Waals surface area (Å²) in [5.74, 6) is 2.94. The van der Waals surface area contributed by atoms with Crippen LogP contribution in [0, 0.1) is 0 Å². The van der Waals surface area contributed by atoms with Gasteiger partial charge in [0.1, 0.15) is 17.2 Å². The number of benzene rings is 2. The molecule has 1 atom stereocenters. The van der Waals surface area contributed by atoms with Gasteiger partial charge in [0, 0.05) is 18.7 Å². The Morgan fingerprint density at radius 2 is 1.71 bits per heavy atom. The van der Waals surface area contributed by atoms with Gasteiger partial charge in [0.05, 0.1) is 20.8 Å². The van der Waals surface area contributed by atoms with Crippen molar-refractivity contribution in [2.24, 2.45) is 4.99 Å². The zero-order valence-electron chi connectivity index (χ0n) is 17.2. The van der Waals surface area contributed by atoms with Crippen LogP contribution in [0.15, 0.2) is 47.5 Å². The van der Waals surface area contributed by atoms with Gasteiger partial charge in [-0.25, -0.2) is 4.99 Å². The summed E-state index contributed by atoms with van der Waals surface area (Å²) in [6.07, 6.45) is 0.973. The fraction of sp³-hybridized carbons (Fsp3) is 0.409. The number of phenols is 1. The van der Waals surface area contributed by atoms with Gasteiger partial charge in [0.25, 0.3) is 0 Å². The second kappa shape index (κ2) is 11.1. The van der Waals surface area contributed by atoms with Crippen molar-refractivity contribution in [1.29, 1.82) is 0 Å². The van der Waals surface area contributed by atoms with Gasteiger partial charge in [-0.1, -0.05) is 19.1 Å². The molecule has 2 aromatic rings. The van der Waals surface area contributed by atoms with Gasteiger partial charge in [0.15, 0.2) is 5.96 Å². The Bertz CT molecular complexity index is 760. The second-order valence-corrected chi connectivity index (χ2v) is 6.58. The molecule has 0 fully saturated rings. The number of nitrogens with one attached hydrogen (secondary N) is 2. The molecule has 2 rings (SSSR count). The monoisotopic (exact) mass is 385 g/mol. The predicted molar refractivity (Wildman–Crippen MR) is 114 cm³/mol. The first kappa shape index (κ1) is 21.4. The van der Waals surface area contributed by atoms with Crippen LogP contribution >= 0.6 is 0 Å². The van der Waals surface area contributed by atoms with E-state index in [0.29, 0.717) is 18.2 Å². The van der Waals surface area contributed by atoms with Gasteiger partial charge < -0.3 is 25.2 Å². The van der Waals surface area contributed by atoms with Crippen LogP contribution in [0.1, 0.15) is 37.3 Å². The third kappa shape index (κ3) is 6.37. The predicted octanol–water partition coefficient (Wildman–Crippen LogP) is 3.66. The van der Waals surface area contributed by atoms with Gasteiger partial charge in [-0.15, -0.1) is 0 Å². The van der Waals surface area contributed by atoms with Gasteiger partial charge in [-0.05, 0) is 55.2 Å². The molecular weight excluding hydrogens is 354 g/mol. The summed E-state index contributed by atoms with van der Waals surface area (Å²) in [6, 6.07) is 13.3. The molecule has 6 nitrogen and oxygen atoms in total. The number of guanidine groups is 1. The lowest BCUT2D eigenvalue weighted by molar-refractivity contribution is 0.411. The van der Waals surface area contributed by atoms with E-state index in [2.05, 4.69) is 34.7 Å². The van der Waals surface area contributed by atoms with E-state index in [1.54, 1.807) is 32.4 Å². The summed E-state index contributed by atoms with van der Waals surface area (Å²) in [6.45, 7) is 6.17. The molecule has 0 aliphatic heterocycles. The zero-order valence-corrected chi connectivity index (χ0v) is 17.2. The fourth-order valence-electron chi connectivity index (χ4n) is 2.83. The number of methoxy groups -OCH3 is 2. The molecule has 152 valence electrons. The topological polar surface area (TPSA) is 75.1 Å². The van der Waals surface area contributed by atoms with Crippen molar-refractivity contribution in [2.45, 2.75) is 32.7 Å². The molecule has 3 N–H and O–H groups in total. The Morgan fingerprint density at radius 3 is 2.36 bits per heavy atom. The molecule has 0 saturated heterocycles. The minimum absolute atomic E-state index is 0.216. The standard InChI is InChI=1S/C22H31N3O3/c1-5-23-22(25-15-18-14-20(28-4)10-11-21(18)26)24-13-12-16(2)17-6-8-19(27-3)9-7-17/h6-11,14,16,26H,5,12-13,15H2,1-4H3,(H2,23,24,25). The molecule has 6 heteroatoms. The fourth-order valence-corrected chi connectivity index (χ4v) is 2.83. The molecule has 0 saturated carbocycles. The van der Waals surface area contributed by atoms with E-state index in [0.717, 1.165) is 36.8 Å². The van der Waals surface area contributed by atoms with Crippen LogP contribution in [-0.4, -0.2) is 38.4 Å². The summed E-state index contributed by atoms with van der Waals surface area (Å²) in [5, 5.41) is 16.6. The maximum Gasteiger partial charge on any atom is 0.191 e. The lowest BCUT2D eigenvalue weighted by Gasteiger charge is -2.15. The van der Waals surface area contributed by atoms with Crippen molar-refractivity contribution < 1.29 is 14.6 Å². The highest BCUT2D eigenvalue weighted by atomic mass is 16.5. The van der Waals surface area contributed by atoms with E-state index in [-0.39, 0.29) is 5.75 Å². The van der Waals surface area contributed by atoms with Gasteiger partial charge in [0.2, 0.25) is 0 Å². The Kier molecular flexibility index (Phi) is 8.46. The highest BCUT2D eigenvalue weighted by Gasteiger charge is 2.07. The van der Waals surface area contributed by atoms with Crippen LogP contribution in [0.4, 0.5) is 0 Å². The highest BCUT2D eigenvalue weighted by molar-refractivity contribution is 5.79. The summed E-state index contributed by atoms with van der Waals surface area (Å²) in [4.78, 5) is 4.57. The molecule has 0 bridgehead atoms. The van der Waals surface area contributed by atoms with Crippen molar-refractivity contribution in [2.75, 3.05) is 27.3 Å². The first-order valence-electron chi connectivity index (χ1n) is 9.59. The number of aliphatic imine (C=N–C) groups is 1. The van der Waals surface area contributed by atoms with Crippen molar-refractivity contribution in [3.05, 3.63) is 53.6 Å². The van der Waals surface area contributed by atoms with Crippen LogP contribution in [0.2, 0.25) is 0 Å². The SMILES string of the molecule is CCNC(=NCc1cc(OC)ccc1O)NCCC(C)c1ccc(OC)cc1. The molecule has 0 heterocycles. The Balaban J connectivity index is 1.91. The number of nitrogens with zero attached hydrogens (tertiary/aromatic N) is 1. The Morgan fingerprint density at radius 1 is 1.04 bits per heavy atom. The smallest absolute Gasteiger partial charge is 0.191 e. The molecular formula is C22H31N3O3. The minimum Gasteiger partial charge on any atom is -0.508 e. The maximum absolute atomic E-state index is 10.0. The summed E-state index contributed by atoms with van der Waals surface area (Å²) in [5.41, 5.74) is 2.01. The average molecular weight is 386 g/mol. The van der Waals surface area contributed by atoms with Crippen LogP contribution in [0.25, 0.3) is 0 Å². The van der Waals surface area contributed by atoms with Gasteiger partial charge in [-0.2, -0.15) is 0 Å². The first-order valence-corrected chi connectivity index (χ1v) is 9.59. The third-order valence-corrected chi connectivity index (χ3v) is 4.59. The van der Waals surface area contributed by atoms with E-state index >= 15 is 0 Å². The number of hydrogen-bond acceptors (Lipinski definition) is 4. The summed E-state index contributed by atoms with van der Waals surface area (Å²) >= 11 is 0. The number of phenolic OH excluding ortho intramolecular Hbond substituents is 1. The molecule has 28 heavy (non-hydrogen) atoms. The van der Waals surface area contributed by atoms with Gasteiger partial charge in [-0.3, -0.25) is 0 Å². The van der Waals surface area contributed by atoms with E-state index in [1.165, 1.54) is 5.56 Å². The number of hydrogen-bond donors (Lipinski definition) is 3. The second-order valence-electron chi connectivity index (χ2n) is 6.58. The van der Waals surface area contributed by atoms with Gasteiger partial charge >= 0.3 is 0 Å². The Hall–Kier alpha value is -2.89. The highest BCUT2D eigenvalue weighted by Crippen LogP contribution is 2.23. The van der Waals surface area contributed by atoms with Crippen molar-refractivity contribution in [3.8, 4) is 17.2 Å². The van der Waals surface area contributed by atoms with Crippen molar-refractivity contribution in [1.82, 2.24) is 10.6 Å². The van der Waals surface area contributed by atoms with Crippen LogP contribution in [-0.2, 0) is 6.54 Å². The van der Waals surface area contributed by atoms with Crippen molar-refractivity contribution in [3.63, 3.8) is 0 Å². The minimum atomic E-state index is 0.216. The van der Waals surface area contributed by atoms with Crippen molar-refractivity contribution >= 4 is 5.96 Å². The lowest BCUT2D eigenvalue weighted by Crippen LogP contribution is -2.38. The lowest BCUT2D eigenvalue weighted by atomic mass is 9.98. The van der Waals surface area contributed by atoms with E-state index in [4.69, 9.17) is 9.47 Å². The molecule has 0 spiro atoms. The third-order valence-electron chi connectivity index (χ3n) is 4.59. The zero-order chi connectivity index (χ0) is 20.4. The largest absolute Gasteiger partial charge is 0.508 e. The number of aromatic hydroxyl groups is 1. The van der Waals surface area contributed by atoms with Crippen LogP contribution in [0.3, 0.4) is 0 Å².